The summed E-state index contributed by atoms with van der Waals surface area (Å²) in [7, 11) is 0. The highest BCUT2D eigenvalue weighted by Crippen LogP contribution is 2.03. The molecule has 0 aromatic heterocycles. The molecule has 0 aliphatic carbocycles. The number of benzene rings is 1. The van der Waals surface area contributed by atoms with Gasteiger partial charge in [-0.15, -0.1) is 0 Å². The number of rotatable bonds is 2. The lowest BCUT2D eigenvalue weighted by molar-refractivity contribution is -0.109. The van der Waals surface area contributed by atoms with E-state index in [0.717, 1.165) is 0 Å². The van der Waals surface area contributed by atoms with Gasteiger partial charge in [-0.05, 0) is 12.1 Å². The van der Waals surface area contributed by atoms with Gasteiger partial charge in [-0.25, -0.2) is 9.98 Å². The zero-order valence-corrected chi connectivity index (χ0v) is 7.18. The summed E-state index contributed by atoms with van der Waals surface area (Å²) in [6.07, 6.45) is 0.919. The van der Waals surface area contributed by atoms with E-state index in [1.165, 1.54) is 0 Å². The molecule has 2 rings (SSSR count). The lowest BCUT2D eigenvalue weighted by Gasteiger charge is -1.87. The summed E-state index contributed by atoms with van der Waals surface area (Å²) in [6.45, 7) is 0. The monoisotopic (exact) mass is 186 g/mol. The third-order valence-corrected chi connectivity index (χ3v) is 1.85. The van der Waals surface area contributed by atoms with Crippen molar-refractivity contribution in [2.75, 3.05) is 0 Å². The molecule has 0 spiro atoms. The van der Waals surface area contributed by atoms with Crippen molar-refractivity contribution in [1.29, 1.82) is 0 Å². The summed E-state index contributed by atoms with van der Waals surface area (Å²) >= 11 is 0. The number of para-hydroxylation sites is 2. The zero-order chi connectivity index (χ0) is 9.97. The van der Waals surface area contributed by atoms with Crippen molar-refractivity contribution in [1.82, 2.24) is 0 Å². The van der Waals surface area contributed by atoms with Crippen LogP contribution < -0.4 is 10.7 Å². The Morgan fingerprint density at radius 2 is 1.50 bits per heavy atom. The normalized spacial score (nSPS) is 12.4. The summed E-state index contributed by atoms with van der Waals surface area (Å²) in [6, 6.07) is 7.20. The van der Waals surface area contributed by atoms with Crippen LogP contribution in [0.2, 0.25) is 0 Å². The predicted octanol–water partition coefficient (Wildman–Crippen LogP) is -0.451. The summed E-state index contributed by atoms with van der Waals surface area (Å²) in [5, 5.41) is 1.37. The molecule has 68 valence electrons. The SMILES string of the molecule is O=CC(C=O)=C1N=c2ccccc2=N1. The van der Waals surface area contributed by atoms with Crippen LogP contribution in [0.25, 0.3) is 0 Å². The molecule has 0 atom stereocenters. The van der Waals surface area contributed by atoms with Crippen LogP contribution in [0.3, 0.4) is 0 Å². The van der Waals surface area contributed by atoms with Crippen LogP contribution in [0.1, 0.15) is 0 Å². The van der Waals surface area contributed by atoms with E-state index < -0.39 is 0 Å². The Balaban J connectivity index is 2.70. The smallest absolute Gasteiger partial charge is 0.167 e. The zero-order valence-electron chi connectivity index (χ0n) is 7.18. The molecule has 0 N–H and O–H groups in total. The van der Waals surface area contributed by atoms with E-state index in [-0.39, 0.29) is 11.4 Å². The van der Waals surface area contributed by atoms with Crippen LogP contribution in [0, 0.1) is 0 Å². The first-order valence-corrected chi connectivity index (χ1v) is 4.02. The van der Waals surface area contributed by atoms with Crippen molar-refractivity contribution in [2.24, 2.45) is 9.98 Å². The van der Waals surface area contributed by atoms with Crippen LogP contribution in [-0.2, 0) is 9.59 Å². The fourth-order valence-corrected chi connectivity index (χ4v) is 1.17. The predicted molar refractivity (Wildman–Crippen MR) is 47.9 cm³/mol. The Kier molecular flexibility index (Phi) is 2.02. The van der Waals surface area contributed by atoms with E-state index in [2.05, 4.69) is 9.98 Å². The molecule has 1 aliphatic heterocycles. The Labute approximate surface area is 79.3 Å². The standard InChI is InChI=1S/C10H6N2O2/c13-5-7(6-14)10-11-8-3-1-2-4-9(8)12-10/h1-6H. The van der Waals surface area contributed by atoms with Gasteiger partial charge in [0.1, 0.15) is 0 Å². The summed E-state index contributed by atoms with van der Waals surface area (Å²) in [5.41, 5.74) is -0.0267. The van der Waals surface area contributed by atoms with Gasteiger partial charge < -0.3 is 0 Å². The third kappa shape index (κ3) is 1.26. The van der Waals surface area contributed by atoms with Crippen molar-refractivity contribution in [3.8, 4) is 0 Å². The van der Waals surface area contributed by atoms with Crippen LogP contribution >= 0.6 is 0 Å². The molecule has 0 saturated carbocycles. The number of allylic oxidation sites excluding steroid dienone is 1. The highest BCUT2D eigenvalue weighted by Gasteiger charge is 2.07. The highest BCUT2D eigenvalue weighted by molar-refractivity contribution is 6.00. The molecule has 0 amide bonds. The second-order valence-electron chi connectivity index (χ2n) is 2.73. The molecule has 1 aromatic carbocycles. The van der Waals surface area contributed by atoms with Gasteiger partial charge in [0.05, 0.1) is 16.3 Å². The summed E-state index contributed by atoms with van der Waals surface area (Å²) < 4.78 is 0. The maximum absolute atomic E-state index is 10.5. The van der Waals surface area contributed by atoms with Crippen molar-refractivity contribution < 1.29 is 9.59 Å². The average molecular weight is 186 g/mol. The summed E-state index contributed by atoms with van der Waals surface area (Å²) in [4.78, 5) is 29.0. The van der Waals surface area contributed by atoms with E-state index in [1.807, 2.05) is 12.1 Å². The van der Waals surface area contributed by atoms with Crippen molar-refractivity contribution in [3.05, 3.63) is 46.4 Å². The van der Waals surface area contributed by atoms with Gasteiger partial charge in [-0.3, -0.25) is 9.59 Å². The number of nitrogens with zero attached hydrogens (tertiary/aromatic N) is 2. The Hall–Kier alpha value is -2.10. The second kappa shape index (κ2) is 3.33. The first-order chi connectivity index (χ1) is 6.85. The third-order valence-electron chi connectivity index (χ3n) is 1.85. The van der Waals surface area contributed by atoms with Crippen LogP contribution in [-0.4, -0.2) is 12.6 Å². The van der Waals surface area contributed by atoms with Gasteiger partial charge in [-0.2, -0.15) is 0 Å². The van der Waals surface area contributed by atoms with Gasteiger partial charge in [0.15, 0.2) is 18.4 Å². The molecule has 4 heteroatoms. The molecular formula is C10H6N2O2. The topological polar surface area (TPSA) is 58.9 Å². The number of carbonyl (C=O) groups is 2. The van der Waals surface area contributed by atoms with Gasteiger partial charge >= 0.3 is 0 Å². The van der Waals surface area contributed by atoms with Gasteiger partial charge in [0.2, 0.25) is 0 Å². The second-order valence-corrected chi connectivity index (χ2v) is 2.73. The minimum atomic E-state index is -0.0267. The van der Waals surface area contributed by atoms with E-state index in [0.29, 0.717) is 23.3 Å². The molecule has 14 heavy (non-hydrogen) atoms. The van der Waals surface area contributed by atoms with E-state index >= 15 is 0 Å². The molecule has 0 fully saturated rings. The Bertz CT molecular complexity index is 496. The van der Waals surface area contributed by atoms with E-state index in [9.17, 15) is 9.59 Å². The quantitative estimate of drug-likeness (QED) is 0.272. The number of aldehydes is 2. The minimum Gasteiger partial charge on any atom is -0.298 e. The van der Waals surface area contributed by atoms with Gasteiger partial charge in [0.25, 0.3) is 0 Å². The molecule has 0 radical (unpaired) electrons. The van der Waals surface area contributed by atoms with Crippen molar-refractivity contribution in [2.45, 2.75) is 0 Å². The first-order valence-electron chi connectivity index (χ1n) is 4.02. The number of hydrogen-bond donors (Lipinski definition) is 0. The van der Waals surface area contributed by atoms with Crippen LogP contribution in [0.15, 0.2) is 45.6 Å². The molecule has 1 heterocycles. The average Bonchev–Trinajstić information content (AvgIpc) is 2.63. The van der Waals surface area contributed by atoms with Crippen molar-refractivity contribution in [3.63, 3.8) is 0 Å². The number of carbonyl (C=O) groups excluding carboxylic acids is 2. The Morgan fingerprint density at radius 1 is 1.00 bits per heavy atom. The summed E-state index contributed by atoms with van der Waals surface area (Å²) in [5.74, 6) is 0.191. The molecule has 0 unspecified atom stereocenters. The largest absolute Gasteiger partial charge is 0.298 e. The molecular weight excluding hydrogens is 180 g/mol. The molecule has 1 aromatic rings. The minimum absolute atomic E-state index is 0.0267. The fourth-order valence-electron chi connectivity index (χ4n) is 1.17. The van der Waals surface area contributed by atoms with Gasteiger partial charge in [-0.1, -0.05) is 12.1 Å². The molecule has 0 saturated heterocycles. The molecule has 4 nitrogen and oxygen atoms in total. The van der Waals surface area contributed by atoms with E-state index in [4.69, 9.17) is 0 Å². The fraction of sp³-hybridized carbons (Fsp3) is 0. The maximum Gasteiger partial charge on any atom is 0.167 e. The van der Waals surface area contributed by atoms with Crippen LogP contribution in [0.4, 0.5) is 0 Å². The lowest BCUT2D eigenvalue weighted by atomic mass is 10.3. The maximum atomic E-state index is 10.5. The molecule has 1 aliphatic rings. The number of fused-ring (bicyclic) bond motifs is 1. The van der Waals surface area contributed by atoms with Gasteiger partial charge in [0, 0.05) is 0 Å². The first kappa shape index (κ1) is 8.50. The Morgan fingerprint density at radius 3 is 1.93 bits per heavy atom. The molecule has 0 bridgehead atoms. The lowest BCUT2D eigenvalue weighted by Crippen LogP contribution is -2.19. The van der Waals surface area contributed by atoms with E-state index in [1.54, 1.807) is 12.1 Å². The van der Waals surface area contributed by atoms with Crippen LogP contribution in [0.5, 0.6) is 0 Å². The highest BCUT2D eigenvalue weighted by atomic mass is 16.1. The van der Waals surface area contributed by atoms with Crippen molar-refractivity contribution >= 4 is 12.6 Å². The number of hydrogen-bond acceptors (Lipinski definition) is 4.